The van der Waals surface area contributed by atoms with Crippen molar-refractivity contribution in [2.45, 2.75) is 12.6 Å². The Kier molecular flexibility index (Phi) is 6.56. The summed E-state index contributed by atoms with van der Waals surface area (Å²) in [7, 11) is 0. The molecule has 0 aliphatic carbocycles. The van der Waals surface area contributed by atoms with Crippen molar-refractivity contribution in [2.75, 3.05) is 18.4 Å². The Labute approximate surface area is 153 Å². The van der Waals surface area contributed by atoms with E-state index in [4.69, 9.17) is 23.2 Å². The highest BCUT2D eigenvalue weighted by atomic mass is 35.5. The van der Waals surface area contributed by atoms with Crippen molar-refractivity contribution in [1.29, 1.82) is 0 Å². The number of carbonyl (C=O) groups is 1. The summed E-state index contributed by atoms with van der Waals surface area (Å²) in [5, 5.41) is 6.02. The van der Waals surface area contributed by atoms with Gasteiger partial charge in [0.15, 0.2) is 0 Å². The fourth-order valence-electron chi connectivity index (χ4n) is 2.11. The SMILES string of the molecule is O=C(CNc1cc(C(F)(F)F)ccc1Cl)NCCc1cccc(Cl)c1. The minimum atomic E-state index is -4.47. The first-order chi connectivity index (χ1) is 11.8. The van der Waals surface area contributed by atoms with Crippen LogP contribution in [0, 0.1) is 0 Å². The van der Waals surface area contributed by atoms with Gasteiger partial charge in [0.05, 0.1) is 22.8 Å². The Morgan fingerprint density at radius 1 is 1.08 bits per heavy atom. The van der Waals surface area contributed by atoms with Crippen LogP contribution in [0.15, 0.2) is 42.5 Å². The molecule has 2 rings (SSSR count). The van der Waals surface area contributed by atoms with Crippen molar-refractivity contribution in [3.8, 4) is 0 Å². The molecule has 3 nitrogen and oxygen atoms in total. The molecule has 0 saturated heterocycles. The lowest BCUT2D eigenvalue weighted by Crippen LogP contribution is -2.31. The zero-order chi connectivity index (χ0) is 18.4. The van der Waals surface area contributed by atoms with Crippen LogP contribution in [0.3, 0.4) is 0 Å². The van der Waals surface area contributed by atoms with Crippen molar-refractivity contribution in [1.82, 2.24) is 5.32 Å². The molecule has 0 aliphatic heterocycles. The van der Waals surface area contributed by atoms with E-state index >= 15 is 0 Å². The number of nitrogens with one attached hydrogen (secondary N) is 2. The highest BCUT2D eigenvalue weighted by Crippen LogP contribution is 2.33. The van der Waals surface area contributed by atoms with Crippen LogP contribution in [-0.2, 0) is 17.4 Å². The smallest absolute Gasteiger partial charge is 0.375 e. The third-order valence-corrected chi connectivity index (χ3v) is 3.92. The lowest BCUT2D eigenvalue weighted by atomic mass is 10.1. The third kappa shape index (κ3) is 6.14. The molecule has 0 radical (unpaired) electrons. The van der Waals surface area contributed by atoms with E-state index in [1.165, 1.54) is 0 Å². The Balaban J connectivity index is 1.84. The van der Waals surface area contributed by atoms with Gasteiger partial charge in [0, 0.05) is 11.6 Å². The van der Waals surface area contributed by atoms with Crippen LogP contribution < -0.4 is 10.6 Å². The molecule has 0 saturated carbocycles. The van der Waals surface area contributed by atoms with E-state index in [0.717, 1.165) is 23.8 Å². The lowest BCUT2D eigenvalue weighted by molar-refractivity contribution is -0.137. The van der Waals surface area contributed by atoms with Gasteiger partial charge in [0.2, 0.25) is 5.91 Å². The number of benzene rings is 2. The van der Waals surface area contributed by atoms with Crippen LogP contribution in [0.25, 0.3) is 0 Å². The van der Waals surface area contributed by atoms with Gasteiger partial charge in [-0.15, -0.1) is 0 Å². The van der Waals surface area contributed by atoms with E-state index in [2.05, 4.69) is 10.6 Å². The summed E-state index contributed by atoms with van der Waals surface area (Å²) in [5.74, 6) is -0.351. The van der Waals surface area contributed by atoms with Crippen LogP contribution in [0.5, 0.6) is 0 Å². The molecule has 0 aromatic heterocycles. The molecule has 1 amide bonds. The topological polar surface area (TPSA) is 41.1 Å². The molecule has 25 heavy (non-hydrogen) atoms. The Hall–Kier alpha value is -1.92. The van der Waals surface area contributed by atoms with E-state index in [1.807, 2.05) is 12.1 Å². The maximum absolute atomic E-state index is 12.7. The maximum Gasteiger partial charge on any atom is 0.416 e. The van der Waals surface area contributed by atoms with Crippen LogP contribution in [-0.4, -0.2) is 19.0 Å². The Bertz CT molecular complexity index is 751. The fourth-order valence-corrected chi connectivity index (χ4v) is 2.51. The van der Waals surface area contributed by atoms with E-state index in [9.17, 15) is 18.0 Å². The average Bonchev–Trinajstić information content (AvgIpc) is 2.53. The molecule has 0 heterocycles. The predicted molar refractivity (Wildman–Crippen MR) is 93.1 cm³/mol. The summed E-state index contributed by atoms with van der Waals surface area (Å²) >= 11 is 11.7. The van der Waals surface area contributed by atoms with Crippen molar-refractivity contribution in [2.24, 2.45) is 0 Å². The van der Waals surface area contributed by atoms with Gasteiger partial charge in [-0.05, 0) is 42.3 Å². The quantitative estimate of drug-likeness (QED) is 0.744. The summed E-state index contributed by atoms with van der Waals surface area (Å²) in [5.41, 5.74) is 0.198. The first-order valence-corrected chi connectivity index (χ1v) is 8.13. The molecular weight excluding hydrogens is 376 g/mol. The zero-order valence-electron chi connectivity index (χ0n) is 13.0. The molecule has 134 valence electrons. The predicted octanol–water partition coefficient (Wildman–Crippen LogP) is 4.78. The van der Waals surface area contributed by atoms with Crippen molar-refractivity contribution in [3.05, 3.63) is 63.6 Å². The largest absolute Gasteiger partial charge is 0.416 e. The second-order valence-electron chi connectivity index (χ2n) is 5.28. The summed E-state index contributed by atoms with van der Waals surface area (Å²) < 4.78 is 38.1. The van der Waals surface area contributed by atoms with Crippen LogP contribution in [0.1, 0.15) is 11.1 Å². The third-order valence-electron chi connectivity index (χ3n) is 3.36. The van der Waals surface area contributed by atoms with Crippen LogP contribution >= 0.6 is 23.2 Å². The highest BCUT2D eigenvalue weighted by molar-refractivity contribution is 6.33. The minimum absolute atomic E-state index is 0.0569. The van der Waals surface area contributed by atoms with Gasteiger partial charge in [-0.1, -0.05) is 35.3 Å². The zero-order valence-corrected chi connectivity index (χ0v) is 14.5. The first-order valence-electron chi connectivity index (χ1n) is 7.37. The molecule has 2 aromatic rings. The standard InChI is InChI=1S/C17H15Cl2F3N2O/c18-13-3-1-2-11(8-13)6-7-23-16(25)10-24-15-9-12(17(20,21)22)4-5-14(15)19/h1-5,8-9,24H,6-7,10H2,(H,23,25). The molecule has 2 N–H and O–H groups in total. The Morgan fingerprint density at radius 2 is 1.84 bits per heavy atom. The van der Waals surface area contributed by atoms with E-state index < -0.39 is 11.7 Å². The molecule has 0 fully saturated rings. The number of alkyl halides is 3. The Morgan fingerprint density at radius 3 is 2.52 bits per heavy atom. The monoisotopic (exact) mass is 390 g/mol. The summed E-state index contributed by atoms with van der Waals surface area (Å²) in [6.07, 6.45) is -3.88. The van der Waals surface area contributed by atoms with Gasteiger partial charge < -0.3 is 10.6 Å². The molecule has 0 aliphatic rings. The number of amides is 1. The van der Waals surface area contributed by atoms with Gasteiger partial charge in [0.1, 0.15) is 0 Å². The van der Waals surface area contributed by atoms with E-state index in [0.29, 0.717) is 18.0 Å². The molecule has 8 heteroatoms. The fraction of sp³-hybridized carbons (Fsp3) is 0.235. The minimum Gasteiger partial charge on any atom is -0.375 e. The number of carbonyl (C=O) groups excluding carboxylic acids is 1. The summed E-state index contributed by atoms with van der Waals surface area (Å²) in [6, 6.07) is 10.2. The van der Waals surface area contributed by atoms with Gasteiger partial charge in [0.25, 0.3) is 0 Å². The second-order valence-corrected chi connectivity index (χ2v) is 6.12. The summed E-state index contributed by atoms with van der Waals surface area (Å²) in [6.45, 7) is 0.202. The molecule has 0 bridgehead atoms. The van der Waals surface area contributed by atoms with Gasteiger partial charge >= 0.3 is 6.18 Å². The normalized spacial score (nSPS) is 11.2. The van der Waals surface area contributed by atoms with Gasteiger partial charge in [-0.3, -0.25) is 4.79 Å². The molecule has 2 aromatic carbocycles. The van der Waals surface area contributed by atoms with Crippen LogP contribution in [0.2, 0.25) is 10.0 Å². The summed E-state index contributed by atoms with van der Waals surface area (Å²) in [4.78, 5) is 11.8. The maximum atomic E-state index is 12.7. The van der Waals surface area contributed by atoms with Crippen molar-refractivity contribution in [3.63, 3.8) is 0 Å². The van der Waals surface area contributed by atoms with E-state index in [-0.39, 0.29) is 23.2 Å². The van der Waals surface area contributed by atoms with Crippen LogP contribution in [0.4, 0.5) is 18.9 Å². The van der Waals surface area contributed by atoms with E-state index in [1.54, 1.807) is 12.1 Å². The lowest BCUT2D eigenvalue weighted by Gasteiger charge is -2.12. The van der Waals surface area contributed by atoms with Crippen molar-refractivity contribution < 1.29 is 18.0 Å². The second kappa shape index (κ2) is 8.45. The molecular formula is C17H15Cl2F3N2O. The van der Waals surface area contributed by atoms with Crippen molar-refractivity contribution >= 4 is 34.8 Å². The number of halogens is 5. The number of anilines is 1. The average molecular weight is 391 g/mol. The highest BCUT2D eigenvalue weighted by Gasteiger charge is 2.30. The van der Waals surface area contributed by atoms with Gasteiger partial charge in [-0.25, -0.2) is 0 Å². The number of hydrogen-bond acceptors (Lipinski definition) is 2. The number of rotatable bonds is 6. The number of hydrogen-bond donors (Lipinski definition) is 2. The first kappa shape index (κ1) is 19.4. The molecule has 0 spiro atoms. The molecule has 0 unspecified atom stereocenters. The molecule has 0 atom stereocenters. The van der Waals surface area contributed by atoms with Gasteiger partial charge in [-0.2, -0.15) is 13.2 Å².